The maximum Gasteiger partial charge on any atom is 0.416 e. The van der Waals surface area contributed by atoms with Crippen LogP contribution in [0, 0.1) is 0 Å². The number of unbranched alkanes of at least 4 members (excludes halogenated alkanes) is 3. The van der Waals surface area contributed by atoms with Crippen LogP contribution in [-0.4, -0.2) is 6.15 Å². The van der Waals surface area contributed by atoms with Gasteiger partial charge in [0.2, 0.25) is 0 Å². The van der Waals surface area contributed by atoms with Gasteiger partial charge in [-0.2, -0.15) is 62.2 Å². The second-order valence-corrected chi connectivity index (χ2v) is 13.5. The van der Waals surface area contributed by atoms with Gasteiger partial charge in [-0.05, 0) is 30.2 Å². The van der Waals surface area contributed by atoms with Crippen molar-refractivity contribution < 1.29 is 45.2 Å². The van der Waals surface area contributed by atoms with Gasteiger partial charge in [0.15, 0.2) is 0 Å². The summed E-state index contributed by atoms with van der Waals surface area (Å²) in [5, 5.41) is 0. The van der Waals surface area contributed by atoms with E-state index in [-0.39, 0.29) is 22.7 Å². The third-order valence-electron chi connectivity index (χ3n) is 9.72. The summed E-state index contributed by atoms with van der Waals surface area (Å²) in [4.78, 5) is 0. The summed E-state index contributed by atoms with van der Waals surface area (Å²) < 4.78 is 123. The maximum absolute atomic E-state index is 13.7. The minimum absolute atomic E-state index is 0.0324. The summed E-state index contributed by atoms with van der Waals surface area (Å²) in [6.07, 6.45) is -7.91. The molecule has 0 heterocycles. The first-order valence-electron chi connectivity index (χ1n) is 18.0. The highest BCUT2D eigenvalue weighted by Crippen LogP contribution is 2.33. The Hall–Kier alpha value is -5.03. The van der Waals surface area contributed by atoms with Gasteiger partial charge in [0.05, 0.1) is 22.8 Å². The summed E-state index contributed by atoms with van der Waals surface area (Å²) in [5.74, 6) is 0. The van der Waals surface area contributed by atoms with Crippen molar-refractivity contribution in [3.05, 3.63) is 167 Å². The molecule has 0 unspecified atom stereocenters. The van der Waals surface area contributed by atoms with E-state index < -0.39 is 41.4 Å². The Labute approximate surface area is 316 Å². The van der Waals surface area contributed by atoms with E-state index in [1.807, 2.05) is 43.3 Å². The molecule has 5 aromatic rings. The van der Waals surface area contributed by atoms with Gasteiger partial charge >= 0.3 is 18.5 Å². The third kappa shape index (κ3) is 11.5. The lowest BCUT2D eigenvalue weighted by Crippen LogP contribution is -2.67. The molecule has 0 amide bonds. The molecule has 0 spiro atoms. The lowest BCUT2D eigenvalue weighted by atomic mass is 9.14. The molecule has 0 aliphatic carbocycles. The molecular formula is C44H43BF9N. The number of rotatable bonds is 11. The minimum atomic E-state index is -4.75. The molecule has 0 aromatic heterocycles. The average molecular weight is 768 g/mol. The molecule has 55 heavy (non-hydrogen) atoms. The molecule has 0 atom stereocenters. The number of hydrogen-bond acceptors (Lipinski definition) is 0. The standard InChI is InChI=1S/C27H25BF9.C17H17N/c1-2-3-4-5-15-28(22-12-6-9-19(16-22)25(29,30)31,23-13-7-10-20(17-23)26(32,33)34)24-14-8-11-21(18-24)27(35,36)37;1-14(16-12-5-6-13-17(16)18)8-7-11-15-9-3-2-4-10-15/h6-14,16-18H,2-5,15H2,1H3;2-13H,18H2,1H3/q-1;/p+1/b;11-7+,14-8-. The highest BCUT2D eigenvalue weighted by molar-refractivity contribution is 7.11. The number of benzene rings is 5. The summed E-state index contributed by atoms with van der Waals surface area (Å²) >= 11 is 0. The van der Waals surface area contributed by atoms with Crippen LogP contribution < -0.4 is 22.1 Å². The van der Waals surface area contributed by atoms with Crippen LogP contribution in [0.3, 0.4) is 0 Å². The molecule has 1 nitrogen and oxygen atoms in total. The van der Waals surface area contributed by atoms with Crippen LogP contribution in [0.1, 0.15) is 67.3 Å². The molecule has 0 saturated carbocycles. The predicted octanol–water partition coefficient (Wildman–Crippen LogP) is 11.5. The Balaban J connectivity index is 0.000000311. The van der Waals surface area contributed by atoms with Crippen LogP contribution >= 0.6 is 0 Å². The molecule has 0 aliphatic heterocycles. The normalized spacial score (nSPS) is 12.8. The molecule has 0 saturated heterocycles. The smallest absolute Gasteiger partial charge is 0.325 e. The van der Waals surface area contributed by atoms with E-state index in [0.717, 1.165) is 73.1 Å². The van der Waals surface area contributed by atoms with Gasteiger partial charge in [0.25, 0.3) is 0 Å². The Bertz CT molecular complexity index is 1910. The van der Waals surface area contributed by atoms with Crippen LogP contribution in [0.15, 0.2) is 140 Å². The molecule has 0 radical (unpaired) electrons. The molecule has 5 rings (SSSR count). The van der Waals surface area contributed by atoms with E-state index in [4.69, 9.17) is 0 Å². The Morgan fingerprint density at radius 1 is 0.564 bits per heavy atom. The van der Waals surface area contributed by atoms with E-state index in [9.17, 15) is 39.5 Å². The van der Waals surface area contributed by atoms with E-state index >= 15 is 0 Å². The van der Waals surface area contributed by atoms with Gasteiger partial charge in [-0.3, -0.25) is 0 Å². The first-order chi connectivity index (χ1) is 26.0. The van der Waals surface area contributed by atoms with E-state index in [1.54, 1.807) is 0 Å². The van der Waals surface area contributed by atoms with Crippen LogP contribution in [0.4, 0.5) is 45.2 Å². The number of hydrogen-bond donors (Lipinski definition) is 1. The first kappa shape index (κ1) is 42.7. The number of alkyl halides is 9. The second kappa shape index (κ2) is 18.5. The number of quaternary nitrogens is 1. The van der Waals surface area contributed by atoms with Crippen LogP contribution in [-0.2, 0) is 18.5 Å². The average Bonchev–Trinajstić information content (AvgIpc) is 3.15. The van der Waals surface area contributed by atoms with Crippen molar-refractivity contribution in [1.29, 1.82) is 0 Å². The molecular weight excluding hydrogens is 724 g/mol. The molecule has 0 aliphatic rings. The quantitative estimate of drug-likeness (QED) is 0.0600. The predicted molar refractivity (Wildman–Crippen MR) is 206 cm³/mol. The largest absolute Gasteiger partial charge is 0.416 e. The van der Waals surface area contributed by atoms with E-state index in [1.165, 1.54) is 34.9 Å². The monoisotopic (exact) mass is 767 g/mol. The van der Waals surface area contributed by atoms with Crippen molar-refractivity contribution >= 4 is 39.9 Å². The third-order valence-corrected chi connectivity index (χ3v) is 9.72. The van der Waals surface area contributed by atoms with Crippen molar-refractivity contribution in [2.75, 3.05) is 0 Å². The first-order valence-corrected chi connectivity index (χ1v) is 18.0. The van der Waals surface area contributed by atoms with Gasteiger partial charge in [0.1, 0.15) is 5.69 Å². The van der Waals surface area contributed by atoms with E-state index in [0.29, 0.717) is 12.8 Å². The Morgan fingerprint density at radius 3 is 1.45 bits per heavy atom. The lowest BCUT2D eigenvalue weighted by Gasteiger charge is -2.44. The molecule has 11 heteroatoms. The number of allylic oxidation sites excluding steroid dienone is 3. The summed E-state index contributed by atoms with van der Waals surface area (Å²) in [5.41, 5.74) is 5.78. The summed E-state index contributed by atoms with van der Waals surface area (Å²) in [6, 6.07) is 31.0. The van der Waals surface area contributed by atoms with Gasteiger partial charge in [0, 0.05) is 5.56 Å². The molecule has 5 aromatic carbocycles. The van der Waals surface area contributed by atoms with Gasteiger partial charge in [-0.1, -0.05) is 166 Å². The fourth-order valence-electron chi connectivity index (χ4n) is 6.88. The molecule has 3 N–H and O–H groups in total. The SMILES string of the molecule is C/C(=C/C=C/c1ccccc1)c1ccccc1[NH3+].CCCCCC[B-](c1cccc(C(F)(F)F)c1)(c1cccc(C(F)(F)F)c1)c1cccc(C(F)(F)F)c1. The van der Waals surface area contributed by atoms with Crippen LogP contribution in [0.2, 0.25) is 6.32 Å². The lowest BCUT2D eigenvalue weighted by molar-refractivity contribution is -0.255. The zero-order chi connectivity index (χ0) is 40.3. The van der Waals surface area contributed by atoms with Crippen LogP contribution in [0.25, 0.3) is 11.6 Å². The van der Waals surface area contributed by atoms with Gasteiger partial charge in [-0.15, -0.1) is 0 Å². The minimum Gasteiger partial charge on any atom is -0.325 e. The summed E-state index contributed by atoms with van der Waals surface area (Å²) in [7, 11) is 0. The van der Waals surface area contributed by atoms with Crippen molar-refractivity contribution in [3.63, 3.8) is 0 Å². The Kier molecular flexibility index (Phi) is 14.4. The maximum atomic E-state index is 13.7. The van der Waals surface area contributed by atoms with E-state index in [2.05, 4.69) is 49.1 Å². The van der Waals surface area contributed by atoms with Crippen molar-refractivity contribution in [3.8, 4) is 0 Å². The second-order valence-electron chi connectivity index (χ2n) is 13.5. The van der Waals surface area contributed by atoms with Crippen molar-refractivity contribution in [2.45, 2.75) is 64.4 Å². The van der Waals surface area contributed by atoms with Gasteiger partial charge in [-0.25, -0.2) is 0 Å². The topological polar surface area (TPSA) is 27.6 Å². The zero-order valence-electron chi connectivity index (χ0n) is 30.6. The Morgan fingerprint density at radius 2 is 1.02 bits per heavy atom. The van der Waals surface area contributed by atoms with Crippen molar-refractivity contribution in [1.82, 2.24) is 0 Å². The highest BCUT2D eigenvalue weighted by Gasteiger charge is 2.38. The molecule has 0 fully saturated rings. The van der Waals surface area contributed by atoms with Crippen molar-refractivity contribution in [2.24, 2.45) is 0 Å². The summed E-state index contributed by atoms with van der Waals surface area (Å²) in [6.45, 7) is 4.05. The fourth-order valence-corrected chi connectivity index (χ4v) is 6.88. The highest BCUT2D eigenvalue weighted by atomic mass is 19.4. The number of halogens is 9. The zero-order valence-corrected chi connectivity index (χ0v) is 30.6. The molecule has 290 valence electrons. The van der Waals surface area contributed by atoms with Gasteiger partial charge < -0.3 is 5.73 Å². The fraction of sp³-hybridized carbons (Fsp3) is 0.227. The molecule has 0 bridgehead atoms. The van der Waals surface area contributed by atoms with Crippen LogP contribution in [0.5, 0.6) is 0 Å².